The highest BCUT2D eigenvalue weighted by Crippen LogP contribution is 2.43. The third-order valence-electron chi connectivity index (χ3n) is 3.72. The van der Waals surface area contributed by atoms with Gasteiger partial charge < -0.3 is 10.5 Å². The SMILES string of the molecule is COC(=O)C(N)C=CC1CCCC1C(C)(C)C. The number of carbonyl (C=O) groups excluding carboxylic acids is 1. The Kier molecular flexibility index (Phi) is 4.75. The molecule has 0 heterocycles. The van der Waals surface area contributed by atoms with Crippen molar-refractivity contribution in [3.05, 3.63) is 12.2 Å². The average molecular weight is 239 g/mol. The molecule has 2 N–H and O–H groups in total. The van der Waals surface area contributed by atoms with Gasteiger partial charge in [-0.25, -0.2) is 0 Å². The second-order valence-electron chi connectivity index (χ2n) is 6.00. The van der Waals surface area contributed by atoms with Gasteiger partial charge >= 0.3 is 5.97 Å². The largest absolute Gasteiger partial charge is 0.468 e. The molecule has 3 unspecified atom stereocenters. The molecule has 3 heteroatoms. The molecule has 0 aliphatic heterocycles. The second-order valence-corrected chi connectivity index (χ2v) is 6.00. The van der Waals surface area contributed by atoms with Gasteiger partial charge in [-0.3, -0.25) is 4.79 Å². The van der Waals surface area contributed by atoms with Crippen LogP contribution in [0.15, 0.2) is 12.2 Å². The molecule has 3 atom stereocenters. The standard InChI is InChI=1S/C14H25NO2/c1-14(2,3)11-7-5-6-10(11)8-9-12(15)13(16)17-4/h8-12H,5-7,15H2,1-4H3. The predicted molar refractivity (Wildman–Crippen MR) is 69.4 cm³/mol. The Morgan fingerprint density at radius 3 is 2.59 bits per heavy atom. The molecular formula is C14H25NO2. The lowest BCUT2D eigenvalue weighted by atomic mass is 9.74. The van der Waals surface area contributed by atoms with E-state index < -0.39 is 6.04 Å². The van der Waals surface area contributed by atoms with Crippen LogP contribution < -0.4 is 5.73 Å². The first-order valence-electron chi connectivity index (χ1n) is 6.38. The van der Waals surface area contributed by atoms with E-state index in [-0.39, 0.29) is 5.97 Å². The van der Waals surface area contributed by atoms with E-state index in [2.05, 4.69) is 31.6 Å². The summed E-state index contributed by atoms with van der Waals surface area (Å²) in [6.45, 7) is 6.85. The van der Waals surface area contributed by atoms with Gasteiger partial charge in [0.1, 0.15) is 6.04 Å². The van der Waals surface area contributed by atoms with E-state index >= 15 is 0 Å². The number of esters is 1. The van der Waals surface area contributed by atoms with E-state index in [9.17, 15) is 4.79 Å². The van der Waals surface area contributed by atoms with Crippen molar-refractivity contribution in [2.45, 2.75) is 46.1 Å². The molecule has 1 aliphatic carbocycles. The van der Waals surface area contributed by atoms with Crippen LogP contribution in [0.5, 0.6) is 0 Å². The zero-order chi connectivity index (χ0) is 13.1. The highest BCUT2D eigenvalue weighted by molar-refractivity contribution is 5.77. The molecule has 0 aromatic heterocycles. The molecule has 3 nitrogen and oxygen atoms in total. The summed E-state index contributed by atoms with van der Waals surface area (Å²) in [5.41, 5.74) is 6.02. The second kappa shape index (κ2) is 5.67. The van der Waals surface area contributed by atoms with E-state index in [1.54, 1.807) is 6.08 Å². The number of nitrogens with two attached hydrogens (primary N) is 1. The molecule has 1 saturated carbocycles. The Bertz CT molecular complexity index is 291. The molecule has 0 aromatic carbocycles. The van der Waals surface area contributed by atoms with Crippen LogP contribution in [0.2, 0.25) is 0 Å². The first kappa shape index (κ1) is 14.2. The highest BCUT2D eigenvalue weighted by atomic mass is 16.5. The van der Waals surface area contributed by atoms with Gasteiger partial charge in [0, 0.05) is 0 Å². The van der Waals surface area contributed by atoms with E-state index in [1.807, 2.05) is 0 Å². The highest BCUT2D eigenvalue weighted by Gasteiger charge is 2.34. The molecular weight excluding hydrogens is 214 g/mol. The van der Waals surface area contributed by atoms with E-state index in [1.165, 1.54) is 26.4 Å². The third-order valence-corrected chi connectivity index (χ3v) is 3.72. The first-order chi connectivity index (χ1) is 7.86. The Labute approximate surface area is 104 Å². The average Bonchev–Trinajstić information content (AvgIpc) is 2.72. The van der Waals surface area contributed by atoms with Crippen molar-refractivity contribution in [3.63, 3.8) is 0 Å². The summed E-state index contributed by atoms with van der Waals surface area (Å²) >= 11 is 0. The smallest absolute Gasteiger partial charge is 0.326 e. The van der Waals surface area contributed by atoms with Crippen molar-refractivity contribution >= 4 is 5.97 Å². The van der Waals surface area contributed by atoms with Gasteiger partial charge in [-0.2, -0.15) is 0 Å². The Balaban J connectivity index is 2.62. The van der Waals surface area contributed by atoms with E-state index in [4.69, 9.17) is 5.73 Å². The van der Waals surface area contributed by atoms with E-state index in [0.29, 0.717) is 17.3 Å². The zero-order valence-electron chi connectivity index (χ0n) is 11.4. The van der Waals surface area contributed by atoms with E-state index in [0.717, 1.165) is 0 Å². The van der Waals surface area contributed by atoms with Crippen LogP contribution in [0.3, 0.4) is 0 Å². The summed E-state index contributed by atoms with van der Waals surface area (Å²) in [4.78, 5) is 11.2. The number of carbonyl (C=O) groups is 1. The normalized spacial score (nSPS) is 27.4. The van der Waals surface area contributed by atoms with Crippen LogP contribution in [0.1, 0.15) is 40.0 Å². The van der Waals surface area contributed by atoms with Crippen LogP contribution in [-0.2, 0) is 9.53 Å². The van der Waals surface area contributed by atoms with Crippen molar-refractivity contribution < 1.29 is 9.53 Å². The number of hydrogen-bond acceptors (Lipinski definition) is 3. The molecule has 0 spiro atoms. The quantitative estimate of drug-likeness (QED) is 0.608. The van der Waals surface area contributed by atoms with Gasteiger partial charge in [-0.1, -0.05) is 39.3 Å². The minimum Gasteiger partial charge on any atom is -0.468 e. The van der Waals surface area contributed by atoms with Crippen LogP contribution in [0.25, 0.3) is 0 Å². The van der Waals surface area contributed by atoms with Crippen molar-refractivity contribution in [1.82, 2.24) is 0 Å². The van der Waals surface area contributed by atoms with Crippen LogP contribution >= 0.6 is 0 Å². The summed E-state index contributed by atoms with van der Waals surface area (Å²) in [6, 6.07) is -0.624. The monoisotopic (exact) mass is 239 g/mol. The Morgan fingerprint density at radius 1 is 1.41 bits per heavy atom. The fourth-order valence-corrected chi connectivity index (χ4v) is 2.77. The van der Waals surface area contributed by atoms with Gasteiger partial charge in [0.15, 0.2) is 0 Å². The fraction of sp³-hybridized carbons (Fsp3) is 0.786. The molecule has 1 aliphatic rings. The topological polar surface area (TPSA) is 52.3 Å². The number of hydrogen-bond donors (Lipinski definition) is 1. The van der Waals surface area contributed by atoms with Gasteiger partial charge in [-0.05, 0) is 30.1 Å². The summed E-state index contributed by atoms with van der Waals surface area (Å²) in [7, 11) is 1.36. The molecule has 17 heavy (non-hydrogen) atoms. The number of methoxy groups -OCH3 is 1. The lowest BCUT2D eigenvalue weighted by Crippen LogP contribution is -2.30. The van der Waals surface area contributed by atoms with Gasteiger partial charge in [0.05, 0.1) is 7.11 Å². The summed E-state index contributed by atoms with van der Waals surface area (Å²) in [5, 5.41) is 0. The Hall–Kier alpha value is -0.830. The third kappa shape index (κ3) is 3.84. The molecule has 0 amide bonds. The zero-order valence-corrected chi connectivity index (χ0v) is 11.4. The minimum atomic E-state index is -0.624. The van der Waals surface area contributed by atoms with Crippen molar-refractivity contribution in [1.29, 1.82) is 0 Å². The van der Waals surface area contributed by atoms with Crippen LogP contribution in [0.4, 0.5) is 0 Å². The Morgan fingerprint density at radius 2 is 2.06 bits per heavy atom. The minimum absolute atomic E-state index is 0.320. The van der Waals surface area contributed by atoms with Crippen LogP contribution in [-0.4, -0.2) is 19.1 Å². The maximum Gasteiger partial charge on any atom is 0.326 e. The maximum absolute atomic E-state index is 11.2. The van der Waals surface area contributed by atoms with Crippen molar-refractivity contribution in [3.8, 4) is 0 Å². The van der Waals surface area contributed by atoms with Gasteiger partial charge in [0.2, 0.25) is 0 Å². The molecule has 98 valence electrons. The van der Waals surface area contributed by atoms with Crippen molar-refractivity contribution in [2.75, 3.05) is 7.11 Å². The lowest BCUT2D eigenvalue weighted by Gasteiger charge is -2.31. The maximum atomic E-state index is 11.2. The molecule has 0 saturated heterocycles. The molecule has 0 bridgehead atoms. The number of ether oxygens (including phenoxy) is 1. The molecule has 0 radical (unpaired) electrons. The predicted octanol–water partition coefficient (Wildman–Crippen LogP) is 2.51. The summed E-state index contributed by atoms with van der Waals surface area (Å²) < 4.78 is 4.61. The van der Waals surface area contributed by atoms with Crippen molar-refractivity contribution in [2.24, 2.45) is 23.0 Å². The summed E-state index contributed by atoms with van der Waals surface area (Å²) in [5.74, 6) is 0.862. The molecule has 0 aromatic rings. The summed E-state index contributed by atoms with van der Waals surface area (Å²) in [6.07, 6.45) is 7.65. The number of rotatable bonds is 3. The molecule has 1 fully saturated rings. The number of allylic oxidation sites excluding steroid dienone is 1. The first-order valence-corrected chi connectivity index (χ1v) is 6.38. The van der Waals surface area contributed by atoms with Gasteiger partial charge in [0.25, 0.3) is 0 Å². The van der Waals surface area contributed by atoms with Crippen LogP contribution in [0, 0.1) is 17.3 Å². The lowest BCUT2D eigenvalue weighted by molar-refractivity contribution is -0.140. The molecule has 1 rings (SSSR count). The fourth-order valence-electron chi connectivity index (χ4n) is 2.77. The van der Waals surface area contributed by atoms with Gasteiger partial charge in [-0.15, -0.1) is 0 Å².